The van der Waals surface area contributed by atoms with Crippen LogP contribution in [0.15, 0.2) is 55.0 Å². The van der Waals surface area contributed by atoms with Crippen LogP contribution in [-0.4, -0.2) is 43.6 Å². The summed E-state index contributed by atoms with van der Waals surface area (Å²) < 4.78 is 22.0. The van der Waals surface area contributed by atoms with Crippen molar-refractivity contribution in [3.63, 3.8) is 0 Å². The van der Waals surface area contributed by atoms with E-state index in [4.69, 9.17) is 9.72 Å². The quantitative estimate of drug-likeness (QED) is 0.481. The van der Waals surface area contributed by atoms with Crippen molar-refractivity contribution in [2.24, 2.45) is 7.05 Å². The predicted molar refractivity (Wildman–Crippen MR) is 123 cm³/mol. The van der Waals surface area contributed by atoms with Gasteiger partial charge in [-0.15, -0.1) is 0 Å². The maximum absolute atomic E-state index is 14.4. The molecule has 0 saturated heterocycles. The lowest BCUT2D eigenvalue weighted by Crippen LogP contribution is -2.24. The van der Waals surface area contributed by atoms with Crippen LogP contribution in [0.3, 0.4) is 0 Å². The van der Waals surface area contributed by atoms with Gasteiger partial charge in [0.05, 0.1) is 35.7 Å². The molecule has 2 heterocycles. The van der Waals surface area contributed by atoms with E-state index in [1.807, 2.05) is 57.1 Å². The number of aliphatic hydroxyl groups excluding tert-OH is 1. The zero-order chi connectivity index (χ0) is 22.9. The maximum atomic E-state index is 14.4. The van der Waals surface area contributed by atoms with Crippen molar-refractivity contribution in [2.75, 3.05) is 18.1 Å². The summed E-state index contributed by atoms with van der Waals surface area (Å²) in [6, 6.07) is 10.2. The average Bonchev–Trinajstić information content (AvgIpc) is 3.16. The van der Waals surface area contributed by atoms with Gasteiger partial charge in [-0.3, -0.25) is 9.67 Å². The average molecular weight is 436 g/mol. The number of aliphatic hydroxyl groups is 1. The molecule has 0 spiro atoms. The molecule has 0 saturated carbocycles. The Balaban J connectivity index is 1.75. The van der Waals surface area contributed by atoms with Crippen molar-refractivity contribution in [3.05, 3.63) is 60.8 Å². The van der Waals surface area contributed by atoms with Crippen LogP contribution < -0.4 is 9.64 Å². The lowest BCUT2D eigenvalue weighted by molar-refractivity contribution is 0.130. The third kappa shape index (κ3) is 4.86. The van der Waals surface area contributed by atoms with Crippen LogP contribution in [-0.2, 0) is 7.05 Å². The number of aryl methyl sites for hydroxylation is 1. The van der Waals surface area contributed by atoms with Crippen LogP contribution in [0.25, 0.3) is 22.3 Å². The van der Waals surface area contributed by atoms with Crippen molar-refractivity contribution in [3.8, 4) is 17.0 Å². The largest absolute Gasteiger partial charge is 0.488 e. The predicted octanol–water partition coefficient (Wildman–Crippen LogP) is 4.48. The monoisotopic (exact) mass is 435 g/mol. The molecule has 8 heteroatoms. The highest BCUT2D eigenvalue weighted by Gasteiger charge is 2.17. The van der Waals surface area contributed by atoms with Gasteiger partial charge in [-0.2, -0.15) is 5.10 Å². The number of ether oxygens (including phenoxy) is 1. The van der Waals surface area contributed by atoms with Gasteiger partial charge < -0.3 is 14.7 Å². The van der Waals surface area contributed by atoms with Gasteiger partial charge >= 0.3 is 0 Å². The highest BCUT2D eigenvalue weighted by Crippen LogP contribution is 2.32. The van der Waals surface area contributed by atoms with Crippen molar-refractivity contribution < 1.29 is 14.2 Å². The van der Waals surface area contributed by atoms with Crippen molar-refractivity contribution >= 4 is 22.4 Å². The number of hydrogen-bond donors (Lipinski definition) is 1. The van der Waals surface area contributed by atoms with E-state index < -0.39 is 11.4 Å². The lowest BCUT2D eigenvalue weighted by atomic mass is 10.1. The SMILES string of the molecule is Cn1cc(-c2cnc3ccc(N(CCO)c4cc(F)cc(OC(C)(C)C)c4)cc3n2)cn1. The molecule has 0 unspecified atom stereocenters. The van der Waals surface area contributed by atoms with Crippen LogP contribution in [0.5, 0.6) is 5.75 Å². The molecule has 0 radical (unpaired) electrons. The first kappa shape index (κ1) is 21.7. The Morgan fingerprint density at radius 2 is 1.88 bits per heavy atom. The Hall–Kier alpha value is -3.52. The molecular weight excluding hydrogens is 409 g/mol. The molecule has 0 aliphatic rings. The van der Waals surface area contributed by atoms with E-state index in [-0.39, 0.29) is 13.2 Å². The van der Waals surface area contributed by atoms with Crippen molar-refractivity contribution in [1.29, 1.82) is 0 Å². The number of benzene rings is 2. The molecule has 32 heavy (non-hydrogen) atoms. The molecule has 166 valence electrons. The minimum atomic E-state index is -0.464. The number of rotatable bonds is 6. The van der Waals surface area contributed by atoms with E-state index in [9.17, 15) is 9.50 Å². The highest BCUT2D eigenvalue weighted by atomic mass is 19.1. The highest BCUT2D eigenvalue weighted by molar-refractivity contribution is 5.82. The smallest absolute Gasteiger partial charge is 0.128 e. The molecule has 4 aromatic rings. The standard InChI is InChI=1S/C24H26FN5O2/c1-24(2,3)32-20-10-17(25)9-19(11-20)30(7-8-31)18-5-6-21-22(12-18)28-23(14-26-21)16-13-27-29(4)15-16/h5-6,9-15,31H,7-8H2,1-4H3. The molecular formula is C24H26FN5O2. The van der Waals surface area contributed by atoms with Gasteiger partial charge in [0.15, 0.2) is 0 Å². The fourth-order valence-corrected chi connectivity index (χ4v) is 3.48. The molecule has 2 aromatic carbocycles. The van der Waals surface area contributed by atoms with Gasteiger partial charge in [0.2, 0.25) is 0 Å². The molecule has 0 aliphatic carbocycles. The summed E-state index contributed by atoms with van der Waals surface area (Å²) in [5.41, 5.74) is 3.88. The van der Waals surface area contributed by atoms with E-state index >= 15 is 0 Å². The van der Waals surface area contributed by atoms with Gasteiger partial charge in [-0.25, -0.2) is 9.37 Å². The molecule has 0 fully saturated rings. The van der Waals surface area contributed by atoms with Crippen LogP contribution in [0.4, 0.5) is 15.8 Å². The first-order valence-corrected chi connectivity index (χ1v) is 10.4. The van der Waals surface area contributed by atoms with Gasteiger partial charge in [0, 0.05) is 48.9 Å². The van der Waals surface area contributed by atoms with Crippen molar-refractivity contribution in [2.45, 2.75) is 26.4 Å². The molecule has 0 amide bonds. The van der Waals surface area contributed by atoms with Gasteiger partial charge in [-0.1, -0.05) is 0 Å². The normalized spacial score (nSPS) is 11.7. The van der Waals surface area contributed by atoms with E-state index in [0.717, 1.165) is 16.8 Å². The molecule has 0 atom stereocenters. The van der Waals surface area contributed by atoms with E-state index in [1.165, 1.54) is 12.1 Å². The number of hydrogen-bond acceptors (Lipinski definition) is 6. The summed E-state index contributed by atoms with van der Waals surface area (Å²) in [5, 5.41) is 13.9. The summed E-state index contributed by atoms with van der Waals surface area (Å²) >= 11 is 0. The topological polar surface area (TPSA) is 76.3 Å². The van der Waals surface area contributed by atoms with E-state index in [2.05, 4.69) is 10.1 Å². The third-order valence-electron chi connectivity index (χ3n) is 4.75. The van der Waals surface area contributed by atoms with Gasteiger partial charge in [0.25, 0.3) is 0 Å². The molecule has 0 aliphatic heterocycles. The van der Waals surface area contributed by atoms with E-state index in [1.54, 1.807) is 23.1 Å². The molecule has 0 bridgehead atoms. The fraction of sp³-hybridized carbons (Fsp3) is 0.292. The van der Waals surface area contributed by atoms with Crippen molar-refractivity contribution in [1.82, 2.24) is 19.7 Å². The van der Waals surface area contributed by atoms with Crippen LogP contribution in [0, 0.1) is 5.82 Å². The number of halogens is 1. The first-order chi connectivity index (χ1) is 15.2. The molecule has 1 N–H and O–H groups in total. The maximum Gasteiger partial charge on any atom is 0.128 e. The molecule has 7 nitrogen and oxygen atoms in total. The Bertz CT molecular complexity index is 1250. The van der Waals surface area contributed by atoms with Crippen LogP contribution >= 0.6 is 0 Å². The number of aromatic nitrogens is 4. The van der Waals surface area contributed by atoms with Crippen LogP contribution in [0.1, 0.15) is 20.8 Å². The Kier molecular flexibility index (Phi) is 5.80. The van der Waals surface area contributed by atoms with Crippen LogP contribution in [0.2, 0.25) is 0 Å². The molecule has 2 aromatic heterocycles. The Morgan fingerprint density at radius 1 is 1.06 bits per heavy atom. The Morgan fingerprint density at radius 3 is 2.56 bits per heavy atom. The second-order valence-electron chi connectivity index (χ2n) is 8.57. The summed E-state index contributed by atoms with van der Waals surface area (Å²) in [5.74, 6) is 0.0130. The summed E-state index contributed by atoms with van der Waals surface area (Å²) in [7, 11) is 1.85. The lowest BCUT2D eigenvalue weighted by Gasteiger charge is -2.27. The second kappa shape index (κ2) is 8.55. The van der Waals surface area contributed by atoms with Gasteiger partial charge in [-0.05, 0) is 45.0 Å². The minimum absolute atomic E-state index is 0.106. The third-order valence-corrected chi connectivity index (χ3v) is 4.75. The zero-order valence-electron chi connectivity index (χ0n) is 18.6. The van der Waals surface area contributed by atoms with E-state index in [0.29, 0.717) is 22.6 Å². The fourth-order valence-electron chi connectivity index (χ4n) is 3.48. The zero-order valence-corrected chi connectivity index (χ0v) is 18.6. The second-order valence-corrected chi connectivity index (χ2v) is 8.57. The minimum Gasteiger partial charge on any atom is -0.488 e. The van der Waals surface area contributed by atoms with Gasteiger partial charge in [0.1, 0.15) is 17.2 Å². The number of anilines is 2. The molecule has 4 rings (SSSR count). The first-order valence-electron chi connectivity index (χ1n) is 10.4. The number of fused-ring (bicyclic) bond motifs is 1. The number of nitrogens with zero attached hydrogens (tertiary/aromatic N) is 5. The summed E-state index contributed by atoms with van der Waals surface area (Å²) in [6.07, 6.45) is 5.33. The summed E-state index contributed by atoms with van der Waals surface area (Å²) in [4.78, 5) is 11.1. The summed E-state index contributed by atoms with van der Waals surface area (Å²) in [6.45, 7) is 5.89. The Labute approximate surface area is 186 Å².